The fourth-order valence-electron chi connectivity index (χ4n) is 4.33. The molecule has 172 valence electrons. The second-order valence-corrected chi connectivity index (χ2v) is 10.3. The van der Waals surface area contributed by atoms with E-state index >= 15 is 0 Å². The van der Waals surface area contributed by atoms with Gasteiger partial charge in [0.25, 0.3) is 0 Å². The van der Waals surface area contributed by atoms with Gasteiger partial charge in [-0.05, 0) is 11.0 Å². The second-order valence-electron chi connectivity index (χ2n) is 9.32. The predicted octanol–water partition coefficient (Wildman–Crippen LogP) is 4.23. The Labute approximate surface area is 192 Å². The summed E-state index contributed by atoms with van der Waals surface area (Å²) < 4.78 is 5.45. The number of ether oxygens (including phenoxy) is 1. The fourth-order valence-corrected chi connectivity index (χ4v) is 5.86. The van der Waals surface area contributed by atoms with Crippen molar-refractivity contribution < 1.29 is 19.4 Å². The molecule has 2 amide bonds. The average molecular weight is 459 g/mol. The van der Waals surface area contributed by atoms with Crippen LogP contribution in [-0.4, -0.2) is 64.8 Å². The molecule has 4 rings (SSSR count). The summed E-state index contributed by atoms with van der Waals surface area (Å²) in [5.41, 5.74) is 1.75. The summed E-state index contributed by atoms with van der Waals surface area (Å²) in [7, 11) is 0. The van der Waals surface area contributed by atoms with Crippen LogP contribution in [0.1, 0.15) is 42.9 Å². The summed E-state index contributed by atoms with van der Waals surface area (Å²) in [6, 6.07) is 9.45. The van der Waals surface area contributed by atoms with Crippen molar-refractivity contribution >= 4 is 28.7 Å². The maximum Gasteiger partial charge on any atom is 0.410 e. The Morgan fingerprint density at radius 2 is 1.81 bits per heavy atom. The molecule has 0 radical (unpaired) electrons. The smallest absolute Gasteiger partial charge is 0.410 e. The molecule has 3 heterocycles. The molecule has 1 N–H and O–H groups in total. The molecule has 0 aliphatic carbocycles. The molecule has 1 aromatic carbocycles. The van der Waals surface area contributed by atoms with Gasteiger partial charge in [0, 0.05) is 39.1 Å². The zero-order valence-electron chi connectivity index (χ0n) is 18.8. The second kappa shape index (κ2) is 8.97. The Kier molecular flexibility index (Phi) is 6.28. The normalized spacial score (nSPS) is 19.0. The van der Waals surface area contributed by atoms with Gasteiger partial charge in [-0.25, -0.2) is 14.6 Å². The zero-order chi connectivity index (χ0) is 22.9. The molecule has 32 heavy (non-hydrogen) atoms. The van der Waals surface area contributed by atoms with Crippen molar-refractivity contribution in [3.8, 4) is 0 Å². The molecule has 1 fully saturated rings. The molecule has 2 aromatic rings. The molecule has 0 saturated carbocycles. The lowest BCUT2D eigenvalue weighted by Gasteiger charge is -2.40. The minimum absolute atomic E-state index is 0.204. The van der Waals surface area contributed by atoms with Gasteiger partial charge in [0.2, 0.25) is 0 Å². The summed E-state index contributed by atoms with van der Waals surface area (Å²) >= 11 is 1.59. The number of fused-ring (bicyclic) bond motifs is 1. The largest absolute Gasteiger partial charge is 0.465 e. The van der Waals surface area contributed by atoms with E-state index < -0.39 is 6.09 Å². The average Bonchev–Trinajstić information content (AvgIpc) is 3.21. The van der Waals surface area contributed by atoms with E-state index in [0.717, 1.165) is 21.3 Å². The van der Waals surface area contributed by atoms with Crippen LogP contribution in [0.15, 0.2) is 30.3 Å². The predicted molar refractivity (Wildman–Crippen MR) is 123 cm³/mol. The maximum absolute atomic E-state index is 12.4. The summed E-state index contributed by atoms with van der Waals surface area (Å²) in [5.74, 6) is 0. The summed E-state index contributed by atoms with van der Waals surface area (Å²) in [6.07, 6.45) is -0.541. The lowest BCUT2D eigenvalue weighted by atomic mass is 9.82. The first-order chi connectivity index (χ1) is 15.2. The number of anilines is 1. The third-order valence-corrected chi connectivity index (χ3v) is 7.16. The van der Waals surface area contributed by atoms with Crippen molar-refractivity contribution in [2.24, 2.45) is 5.41 Å². The standard InChI is InChI=1S/C23H30N4O4S/c1-23(2,3)19-18-17(9-10-27(19)21(28)29)24-20(32-18)25-11-13-26(14-12-25)22(30)31-15-16-7-5-4-6-8-16/h4-8,19H,9-15H2,1-3H3,(H,28,29). The number of aromatic nitrogens is 1. The van der Waals surface area contributed by atoms with Crippen LogP contribution in [0.25, 0.3) is 0 Å². The van der Waals surface area contributed by atoms with E-state index in [9.17, 15) is 14.7 Å². The Morgan fingerprint density at radius 3 is 2.44 bits per heavy atom. The Balaban J connectivity index is 1.39. The summed E-state index contributed by atoms with van der Waals surface area (Å²) in [4.78, 5) is 35.6. The molecule has 8 nitrogen and oxygen atoms in total. The zero-order valence-corrected chi connectivity index (χ0v) is 19.6. The monoisotopic (exact) mass is 458 g/mol. The van der Waals surface area contributed by atoms with E-state index in [2.05, 4.69) is 25.7 Å². The molecule has 9 heteroatoms. The summed E-state index contributed by atoms with van der Waals surface area (Å²) in [5, 5.41) is 10.6. The molecular weight excluding hydrogens is 428 g/mol. The highest BCUT2D eigenvalue weighted by Crippen LogP contribution is 2.46. The number of carbonyl (C=O) groups excluding carboxylic acids is 1. The highest BCUT2D eigenvalue weighted by atomic mass is 32.1. The highest BCUT2D eigenvalue weighted by molar-refractivity contribution is 7.15. The van der Waals surface area contributed by atoms with Crippen molar-refractivity contribution in [2.45, 2.75) is 39.8 Å². The highest BCUT2D eigenvalue weighted by Gasteiger charge is 2.41. The fraction of sp³-hybridized carbons (Fsp3) is 0.522. The first-order valence-electron chi connectivity index (χ1n) is 10.9. The minimum atomic E-state index is -0.881. The SMILES string of the molecule is CC(C)(C)C1c2sc(N3CCN(C(=O)OCc4ccccc4)CC3)nc2CCN1C(=O)O. The molecule has 2 aliphatic heterocycles. The van der Waals surface area contributed by atoms with Gasteiger partial charge in [-0.15, -0.1) is 0 Å². The van der Waals surface area contributed by atoms with Crippen LogP contribution in [0.4, 0.5) is 14.7 Å². The first kappa shape index (κ1) is 22.4. The molecule has 0 spiro atoms. The van der Waals surface area contributed by atoms with Crippen LogP contribution in [-0.2, 0) is 17.8 Å². The van der Waals surface area contributed by atoms with Crippen molar-refractivity contribution in [3.05, 3.63) is 46.5 Å². The van der Waals surface area contributed by atoms with E-state index in [1.54, 1.807) is 21.1 Å². The van der Waals surface area contributed by atoms with Crippen LogP contribution < -0.4 is 4.90 Å². The maximum atomic E-state index is 12.4. The topological polar surface area (TPSA) is 86.2 Å². The molecule has 1 aromatic heterocycles. The number of benzene rings is 1. The first-order valence-corrected chi connectivity index (χ1v) is 11.8. The van der Waals surface area contributed by atoms with Crippen LogP contribution in [0, 0.1) is 5.41 Å². The number of hydrogen-bond acceptors (Lipinski definition) is 6. The van der Waals surface area contributed by atoms with Crippen molar-refractivity contribution in [1.29, 1.82) is 0 Å². The number of nitrogens with zero attached hydrogens (tertiary/aromatic N) is 4. The number of rotatable bonds is 3. The minimum Gasteiger partial charge on any atom is -0.465 e. The van der Waals surface area contributed by atoms with Gasteiger partial charge in [-0.1, -0.05) is 62.4 Å². The van der Waals surface area contributed by atoms with E-state index in [4.69, 9.17) is 9.72 Å². The van der Waals surface area contributed by atoms with Gasteiger partial charge in [-0.3, -0.25) is 4.90 Å². The Morgan fingerprint density at radius 1 is 1.12 bits per heavy atom. The van der Waals surface area contributed by atoms with Crippen molar-refractivity contribution in [1.82, 2.24) is 14.8 Å². The third-order valence-electron chi connectivity index (χ3n) is 5.95. The van der Waals surface area contributed by atoms with E-state index in [1.165, 1.54) is 0 Å². The number of amides is 2. The molecule has 1 atom stereocenters. The number of hydrogen-bond donors (Lipinski definition) is 1. The van der Waals surface area contributed by atoms with E-state index in [1.807, 2.05) is 30.3 Å². The van der Waals surface area contributed by atoms with Gasteiger partial charge in [0.05, 0.1) is 16.6 Å². The van der Waals surface area contributed by atoms with Gasteiger partial charge in [-0.2, -0.15) is 0 Å². The molecule has 1 unspecified atom stereocenters. The lowest BCUT2D eigenvalue weighted by Crippen LogP contribution is -2.48. The number of piperazine rings is 1. The summed E-state index contributed by atoms with van der Waals surface area (Å²) in [6.45, 7) is 9.45. The van der Waals surface area contributed by atoms with Gasteiger partial charge in [0.1, 0.15) is 6.61 Å². The van der Waals surface area contributed by atoms with Crippen LogP contribution in [0.3, 0.4) is 0 Å². The van der Waals surface area contributed by atoms with E-state index in [0.29, 0.717) is 39.1 Å². The lowest BCUT2D eigenvalue weighted by molar-refractivity contribution is 0.0774. The molecule has 0 bridgehead atoms. The Bertz CT molecular complexity index is 964. The van der Waals surface area contributed by atoms with Gasteiger partial charge < -0.3 is 19.6 Å². The quantitative estimate of drug-likeness (QED) is 0.741. The van der Waals surface area contributed by atoms with Crippen molar-refractivity contribution in [3.63, 3.8) is 0 Å². The van der Waals surface area contributed by atoms with Gasteiger partial charge >= 0.3 is 12.2 Å². The number of carbonyl (C=O) groups is 2. The van der Waals surface area contributed by atoms with Crippen molar-refractivity contribution in [2.75, 3.05) is 37.6 Å². The number of thiazole rings is 1. The molecular formula is C23H30N4O4S. The number of carboxylic acid groups (broad SMARTS) is 1. The van der Waals surface area contributed by atoms with Crippen LogP contribution >= 0.6 is 11.3 Å². The van der Waals surface area contributed by atoms with Crippen LogP contribution in [0.2, 0.25) is 0 Å². The third kappa shape index (κ3) is 4.67. The Hall–Kier alpha value is -2.81. The van der Waals surface area contributed by atoms with E-state index in [-0.39, 0.29) is 24.2 Å². The molecule has 2 aliphatic rings. The van der Waals surface area contributed by atoms with Gasteiger partial charge in [0.15, 0.2) is 5.13 Å². The van der Waals surface area contributed by atoms with Crippen LogP contribution in [0.5, 0.6) is 0 Å². The molecule has 1 saturated heterocycles.